The van der Waals surface area contributed by atoms with E-state index in [1.165, 1.54) is 89.9 Å². The zero-order valence-corrected chi connectivity index (χ0v) is 24.1. The van der Waals surface area contributed by atoms with Crippen molar-refractivity contribution in [2.75, 3.05) is 13.2 Å². The van der Waals surface area contributed by atoms with Crippen LogP contribution < -0.4 is 0 Å². The Hall–Kier alpha value is -1.06. The minimum absolute atomic E-state index is 0.141. The van der Waals surface area contributed by atoms with E-state index in [1.807, 2.05) is 13.8 Å². The van der Waals surface area contributed by atoms with Gasteiger partial charge in [0.25, 0.3) is 0 Å². The number of ether oxygens (including phenoxy) is 2. The van der Waals surface area contributed by atoms with Crippen molar-refractivity contribution in [1.29, 1.82) is 0 Å². The van der Waals surface area contributed by atoms with Crippen LogP contribution in [-0.2, 0) is 19.1 Å². The number of carbonyl (C=O) groups is 2. The van der Waals surface area contributed by atoms with Crippen LogP contribution in [0.15, 0.2) is 0 Å². The fraction of sp³-hybridized carbons (Fsp3) is 0.935. The van der Waals surface area contributed by atoms with Crippen LogP contribution in [-0.4, -0.2) is 25.2 Å². The monoisotopic (exact) mass is 496 g/mol. The van der Waals surface area contributed by atoms with Gasteiger partial charge in [0.2, 0.25) is 0 Å². The Morgan fingerprint density at radius 2 is 0.743 bits per heavy atom. The Bertz CT molecular complexity index is 435. The second kappa shape index (κ2) is 26.0. The van der Waals surface area contributed by atoms with Gasteiger partial charge < -0.3 is 9.47 Å². The van der Waals surface area contributed by atoms with Crippen molar-refractivity contribution in [1.82, 2.24) is 0 Å². The third-order valence-electron chi connectivity index (χ3n) is 7.21. The zero-order valence-electron chi connectivity index (χ0n) is 24.1. The van der Waals surface area contributed by atoms with Gasteiger partial charge >= 0.3 is 11.9 Å². The molecule has 0 heterocycles. The van der Waals surface area contributed by atoms with Gasteiger partial charge in [0.1, 0.15) is 0 Å². The number of rotatable bonds is 26. The van der Waals surface area contributed by atoms with E-state index in [9.17, 15) is 9.59 Å². The van der Waals surface area contributed by atoms with E-state index in [0.717, 1.165) is 25.7 Å². The molecule has 0 amide bonds. The largest absolute Gasteiger partial charge is 0.465 e. The van der Waals surface area contributed by atoms with Gasteiger partial charge in [-0.1, -0.05) is 130 Å². The molecule has 0 rings (SSSR count). The normalized spacial score (nSPS) is 12.9. The van der Waals surface area contributed by atoms with Crippen LogP contribution in [0.1, 0.15) is 163 Å². The summed E-state index contributed by atoms with van der Waals surface area (Å²) in [4.78, 5) is 25.1. The number of unbranched alkanes of at least 4 members (excludes halogenated alkanes) is 16. The molecular weight excluding hydrogens is 436 g/mol. The maximum atomic E-state index is 12.6. The lowest BCUT2D eigenvalue weighted by atomic mass is 9.91. The van der Waals surface area contributed by atoms with Gasteiger partial charge in [-0.15, -0.1) is 0 Å². The van der Waals surface area contributed by atoms with E-state index >= 15 is 0 Å². The van der Waals surface area contributed by atoms with Gasteiger partial charge in [-0.2, -0.15) is 0 Å². The Kier molecular flexibility index (Phi) is 25.2. The Balaban J connectivity index is 3.93. The smallest absolute Gasteiger partial charge is 0.308 e. The summed E-state index contributed by atoms with van der Waals surface area (Å²) in [6, 6.07) is 0. The molecule has 0 aromatic carbocycles. The lowest BCUT2D eigenvalue weighted by Gasteiger charge is -2.20. The first-order valence-electron chi connectivity index (χ1n) is 15.4. The molecule has 0 N–H and O–H groups in total. The second-order valence-electron chi connectivity index (χ2n) is 10.4. The fourth-order valence-corrected chi connectivity index (χ4v) is 4.61. The maximum absolute atomic E-state index is 12.6. The van der Waals surface area contributed by atoms with Gasteiger partial charge in [-0.3, -0.25) is 9.59 Å². The summed E-state index contributed by atoms with van der Waals surface area (Å²) in [5.41, 5.74) is 0. The lowest BCUT2D eigenvalue weighted by Crippen LogP contribution is -2.26. The molecule has 0 saturated heterocycles. The molecule has 0 saturated carbocycles. The first kappa shape index (κ1) is 33.9. The van der Waals surface area contributed by atoms with Crippen molar-refractivity contribution in [2.45, 2.75) is 163 Å². The second-order valence-corrected chi connectivity index (χ2v) is 10.4. The quantitative estimate of drug-likeness (QED) is 0.0883. The minimum Gasteiger partial charge on any atom is -0.465 e. The molecule has 0 aromatic rings. The van der Waals surface area contributed by atoms with E-state index in [1.54, 1.807) is 0 Å². The third-order valence-corrected chi connectivity index (χ3v) is 7.21. The van der Waals surface area contributed by atoms with Gasteiger partial charge in [0.15, 0.2) is 0 Å². The van der Waals surface area contributed by atoms with E-state index in [0.29, 0.717) is 32.5 Å². The van der Waals surface area contributed by atoms with Crippen LogP contribution in [0.4, 0.5) is 0 Å². The number of hydrogen-bond acceptors (Lipinski definition) is 4. The molecule has 0 spiro atoms. The fourth-order valence-electron chi connectivity index (χ4n) is 4.61. The van der Waals surface area contributed by atoms with Crippen LogP contribution in [0.3, 0.4) is 0 Å². The van der Waals surface area contributed by atoms with Crippen molar-refractivity contribution in [2.24, 2.45) is 11.8 Å². The lowest BCUT2D eigenvalue weighted by molar-refractivity contribution is -0.153. The standard InChI is InChI=1S/C31H60O4/c1-5-9-11-13-15-17-19-21-23-25-34-30(32)28(7-3)27-29(8-4)31(33)35-26-24-22-20-18-16-14-12-10-6-2/h28-29H,5-27H2,1-4H3. The Labute approximate surface area is 218 Å². The van der Waals surface area contributed by atoms with Crippen molar-refractivity contribution in [3.8, 4) is 0 Å². The SMILES string of the molecule is CCCCCCCCCCCOC(=O)C(CC)CC(CC)C(=O)OCCCCCCCCCCC. The summed E-state index contributed by atoms with van der Waals surface area (Å²) in [5, 5.41) is 0. The molecule has 0 fully saturated rings. The van der Waals surface area contributed by atoms with Gasteiger partial charge in [0, 0.05) is 0 Å². The summed E-state index contributed by atoms with van der Waals surface area (Å²) >= 11 is 0. The van der Waals surface area contributed by atoms with E-state index in [2.05, 4.69) is 13.8 Å². The first-order valence-corrected chi connectivity index (χ1v) is 15.4. The predicted molar refractivity (Wildman–Crippen MR) is 149 cm³/mol. The molecule has 0 aliphatic carbocycles. The molecule has 4 heteroatoms. The molecule has 35 heavy (non-hydrogen) atoms. The van der Waals surface area contributed by atoms with Crippen LogP contribution >= 0.6 is 0 Å². The molecule has 0 aliphatic rings. The maximum Gasteiger partial charge on any atom is 0.308 e. The first-order chi connectivity index (χ1) is 17.1. The number of hydrogen-bond donors (Lipinski definition) is 0. The summed E-state index contributed by atoms with van der Waals surface area (Å²) in [6.07, 6.45) is 24.5. The zero-order chi connectivity index (χ0) is 26.0. The molecule has 0 aliphatic heterocycles. The average Bonchev–Trinajstić information content (AvgIpc) is 2.86. The molecule has 0 radical (unpaired) electrons. The highest BCUT2D eigenvalue weighted by Gasteiger charge is 2.27. The summed E-state index contributed by atoms with van der Waals surface area (Å²) in [5.74, 6) is -0.702. The number of esters is 2. The highest BCUT2D eigenvalue weighted by Crippen LogP contribution is 2.22. The average molecular weight is 497 g/mol. The van der Waals surface area contributed by atoms with Crippen LogP contribution in [0.5, 0.6) is 0 Å². The number of carbonyl (C=O) groups excluding carboxylic acids is 2. The summed E-state index contributed by atoms with van der Waals surface area (Å²) in [7, 11) is 0. The van der Waals surface area contributed by atoms with E-state index < -0.39 is 0 Å². The highest BCUT2D eigenvalue weighted by molar-refractivity contribution is 5.76. The summed E-state index contributed by atoms with van der Waals surface area (Å²) < 4.78 is 11.1. The summed E-state index contributed by atoms with van der Waals surface area (Å²) in [6.45, 7) is 9.52. The molecule has 2 unspecified atom stereocenters. The van der Waals surface area contributed by atoms with Crippen molar-refractivity contribution in [3.63, 3.8) is 0 Å². The van der Waals surface area contributed by atoms with Crippen molar-refractivity contribution >= 4 is 11.9 Å². The third kappa shape index (κ3) is 20.8. The highest BCUT2D eigenvalue weighted by atomic mass is 16.5. The Morgan fingerprint density at radius 3 is 1.03 bits per heavy atom. The van der Waals surface area contributed by atoms with Gasteiger partial charge in [-0.05, 0) is 32.1 Å². The van der Waals surface area contributed by atoms with E-state index in [-0.39, 0.29) is 23.8 Å². The molecule has 208 valence electrons. The van der Waals surface area contributed by atoms with Gasteiger partial charge in [-0.25, -0.2) is 0 Å². The molecule has 2 atom stereocenters. The molecule has 0 bridgehead atoms. The van der Waals surface area contributed by atoms with Crippen molar-refractivity contribution in [3.05, 3.63) is 0 Å². The molecule has 0 aromatic heterocycles. The van der Waals surface area contributed by atoms with Crippen molar-refractivity contribution < 1.29 is 19.1 Å². The van der Waals surface area contributed by atoms with Gasteiger partial charge in [0.05, 0.1) is 25.0 Å². The van der Waals surface area contributed by atoms with Crippen LogP contribution in [0.2, 0.25) is 0 Å². The molecular formula is C31H60O4. The minimum atomic E-state index is -0.209. The van der Waals surface area contributed by atoms with Crippen LogP contribution in [0, 0.1) is 11.8 Å². The Morgan fingerprint density at radius 1 is 0.457 bits per heavy atom. The topological polar surface area (TPSA) is 52.6 Å². The van der Waals surface area contributed by atoms with E-state index in [4.69, 9.17) is 9.47 Å². The molecule has 4 nitrogen and oxygen atoms in total. The van der Waals surface area contributed by atoms with Crippen LogP contribution in [0.25, 0.3) is 0 Å². The predicted octanol–water partition coefficient (Wildman–Crippen LogP) is 9.58.